The van der Waals surface area contributed by atoms with Gasteiger partial charge in [-0.25, -0.2) is 14.5 Å². The Balaban J connectivity index is 0.00000192. The summed E-state index contributed by atoms with van der Waals surface area (Å²) in [6, 6.07) is 4.35. The quantitative estimate of drug-likeness (QED) is 0.425. The van der Waals surface area contributed by atoms with Crippen LogP contribution in [0.5, 0.6) is 0 Å². The largest absolute Gasteiger partial charge is 0.370 e. The molecule has 0 aromatic carbocycles. The molecule has 1 fully saturated rings. The molecule has 1 unspecified atom stereocenters. The number of aliphatic imine (C=N–C) groups is 1. The number of likely N-dealkylation sites (tertiary alicyclic amines) is 1. The lowest BCUT2D eigenvalue weighted by Gasteiger charge is -2.23. The zero-order valence-electron chi connectivity index (χ0n) is 13.4. The second-order valence-corrected chi connectivity index (χ2v) is 5.54. The number of rotatable bonds is 5. The van der Waals surface area contributed by atoms with Crippen molar-refractivity contribution in [1.82, 2.24) is 24.8 Å². The first-order valence-electron chi connectivity index (χ1n) is 7.83. The summed E-state index contributed by atoms with van der Waals surface area (Å²) in [7, 11) is 0. The van der Waals surface area contributed by atoms with Gasteiger partial charge in [0.1, 0.15) is 0 Å². The van der Waals surface area contributed by atoms with Crippen LogP contribution in [-0.2, 0) is 6.54 Å². The van der Waals surface area contributed by atoms with Crippen molar-refractivity contribution in [2.24, 2.45) is 10.7 Å². The van der Waals surface area contributed by atoms with Crippen molar-refractivity contribution in [3.8, 4) is 0 Å². The van der Waals surface area contributed by atoms with Crippen molar-refractivity contribution in [3.05, 3.63) is 30.2 Å². The summed E-state index contributed by atoms with van der Waals surface area (Å²) in [6.07, 6.45) is 6.00. The number of fused-ring (bicyclic) bond motifs is 1. The minimum Gasteiger partial charge on any atom is -0.370 e. The highest BCUT2D eigenvalue weighted by Gasteiger charge is 2.22. The Bertz CT molecular complexity index is 654. The Kier molecular flexibility index (Phi) is 6.58. The first kappa shape index (κ1) is 17.9. The lowest BCUT2D eigenvalue weighted by atomic mass is 10.2. The van der Waals surface area contributed by atoms with E-state index in [4.69, 9.17) is 5.73 Å². The molecule has 0 bridgehead atoms. The zero-order chi connectivity index (χ0) is 15.4. The molecule has 3 heterocycles. The van der Waals surface area contributed by atoms with Gasteiger partial charge in [-0.1, -0.05) is 6.92 Å². The maximum Gasteiger partial charge on any atom is 0.189 e. The number of aromatic nitrogens is 3. The smallest absolute Gasteiger partial charge is 0.189 e. The number of guanidine groups is 1. The van der Waals surface area contributed by atoms with Crippen LogP contribution >= 0.6 is 24.0 Å². The Labute approximate surface area is 153 Å². The van der Waals surface area contributed by atoms with E-state index in [0.29, 0.717) is 18.5 Å². The molecule has 3 N–H and O–H groups in total. The number of hydrogen-bond acceptors (Lipinski definition) is 4. The van der Waals surface area contributed by atoms with Gasteiger partial charge in [0, 0.05) is 24.8 Å². The van der Waals surface area contributed by atoms with Gasteiger partial charge in [0.25, 0.3) is 0 Å². The first-order valence-corrected chi connectivity index (χ1v) is 7.83. The molecule has 3 rings (SSSR count). The molecule has 1 aliphatic heterocycles. The third-order valence-corrected chi connectivity index (χ3v) is 4.20. The summed E-state index contributed by atoms with van der Waals surface area (Å²) in [4.78, 5) is 11.1. The third kappa shape index (κ3) is 4.31. The fraction of sp³-hybridized carbons (Fsp3) is 0.533. The molecule has 0 radical (unpaired) electrons. The van der Waals surface area contributed by atoms with Crippen LogP contribution in [0.25, 0.3) is 5.65 Å². The monoisotopic (exact) mass is 429 g/mol. The SMILES string of the molecule is CCN1CCCC1CNC(N)=NCc1ccnc2ccnn12.I. The minimum atomic E-state index is 0. The third-order valence-electron chi connectivity index (χ3n) is 4.20. The van der Waals surface area contributed by atoms with Gasteiger partial charge in [0.15, 0.2) is 11.6 Å². The fourth-order valence-electron chi connectivity index (χ4n) is 2.99. The molecule has 1 atom stereocenters. The molecule has 7 nitrogen and oxygen atoms in total. The first-order chi connectivity index (χ1) is 10.8. The number of halogens is 1. The highest BCUT2D eigenvalue weighted by atomic mass is 127. The van der Waals surface area contributed by atoms with Gasteiger partial charge in [-0.05, 0) is 32.0 Å². The lowest BCUT2D eigenvalue weighted by molar-refractivity contribution is 0.267. The molecule has 8 heteroatoms. The summed E-state index contributed by atoms with van der Waals surface area (Å²) >= 11 is 0. The van der Waals surface area contributed by atoms with E-state index in [2.05, 4.69) is 32.2 Å². The van der Waals surface area contributed by atoms with Crippen LogP contribution in [0, 0.1) is 0 Å². The predicted molar refractivity (Wildman–Crippen MR) is 102 cm³/mol. The van der Waals surface area contributed by atoms with Crippen LogP contribution in [0.1, 0.15) is 25.5 Å². The Morgan fingerprint density at radius 2 is 2.30 bits per heavy atom. The predicted octanol–water partition coefficient (Wildman–Crippen LogP) is 1.24. The maximum absolute atomic E-state index is 5.98. The number of likely N-dealkylation sites (N-methyl/N-ethyl adjacent to an activating group) is 1. The van der Waals surface area contributed by atoms with E-state index in [-0.39, 0.29) is 24.0 Å². The average Bonchev–Trinajstić information content (AvgIpc) is 3.19. The van der Waals surface area contributed by atoms with Crippen LogP contribution in [0.2, 0.25) is 0 Å². The maximum atomic E-state index is 5.98. The van der Waals surface area contributed by atoms with Gasteiger partial charge in [-0.3, -0.25) is 4.90 Å². The summed E-state index contributed by atoms with van der Waals surface area (Å²) in [5.41, 5.74) is 7.77. The van der Waals surface area contributed by atoms with Gasteiger partial charge in [0.05, 0.1) is 18.4 Å². The van der Waals surface area contributed by atoms with E-state index in [0.717, 1.165) is 24.4 Å². The normalized spacial score (nSPS) is 19.0. The molecule has 2 aromatic heterocycles. The van der Waals surface area contributed by atoms with Crippen molar-refractivity contribution < 1.29 is 0 Å². The second kappa shape index (κ2) is 8.44. The summed E-state index contributed by atoms with van der Waals surface area (Å²) in [6.45, 7) is 5.83. The van der Waals surface area contributed by atoms with Crippen LogP contribution < -0.4 is 11.1 Å². The highest BCUT2D eigenvalue weighted by Crippen LogP contribution is 2.15. The van der Waals surface area contributed by atoms with Gasteiger partial charge in [-0.2, -0.15) is 5.10 Å². The van der Waals surface area contributed by atoms with Crippen molar-refractivity contribution in [2.75, 3.05) is 19.6 Å². The summed E-state index contributed by atoms with van der Waals surface area (Å²) < 4.78 is 1.78. The van der Waals surface area contributed by atoms with Gasteiger partial charge in [0.2, 0.25) is 0 Å². The van der Waals surface area contributed by atoms with Crippen LogP contribution in [0.4, 0.5) is 0 Å². The molecular formula is C15H24IN7. The Morgan fingerprint density at radius 1 is 1.43 bits per heavy atom. The molecule has 1 saturated heterocycles. The van der Waals surface area contributed by atoms with Gasteiger partial charge >= 0.3 is 0 Å². The molecular weight excluding hydrogens is 405 g/mol. The van der Waals surface area contributed by atoms with E-state index < -0.39 is 0 Å². The zero-order valence-corrected chi connectivity index (χ0v) is 15.7. The number of nitrogens with two attached hydrogens (primary N) is 1. The molecule has 126 valence electrons. The Morgan fingerprint density at radius 3 is 3.13 bits per heavy atom. The molecule has 0 saturated carbocycles. The van der Waals surface area contributed by atoms with Crippen LogP contribution in [0.3, 0.4) is 0 Å². The molecule has 0 aliphatic carbocycles. The van der Waals surface area contributed by atoms with E-state index in [1.165, 1.54) is 19.4 Å². The highest BCUT2D eigenvalue weighted by molar-refractivity contribution is 14.0. The average molecular weight is 429 g/mol. The second-order valence-electron chi connectivity index (χ2n) is 5.54. The lowest BCUT2D eigenvalue weighted by Crippen LogP contribution is -2.42. The standard InChI is InChI=1S/C15H23N7.HI/c1-2-21-9-3-4-12(21)10-18-15(16)19-11-13-5-7-17-14-6-8-20-22(13)14;/h5-8,12H,2-4,9-11H2,1H3,(H3,16,18,19);1H. The fourth-order valence-corrected chi connectivity index (χ4v) is 2.99. The Hall–Kier alpha value is -1.42. The number of nitrogens with one attached hydrogen (secondary N) is 1. The van der Waals surface area contributed by atoms with E-state index in [1.54, 1.807) is 16.9 Å². The van der Waals surface area contributed by atoms with Crippen molar-refractivity contribution in [3.63, 3.8) is 0 Å². The molecule has 0 spiro atoms. The van der Waals surface area contributed by atoms with E-state index in [1.807, 2.05) is 12.1 Å². The molecule has 23 heavy (non-hydrogen) atoms. The van der Waals surface area contributed by atoms with Crippen LogP contribution in [0.15, 0.2) is 29.5 Å². The molecule has 2 aromatic rings. The number of hydrogen-bond donors (Lipinski definition) is 2. The van der Waals surface area contributed by atoms with E-state index in [9.17, 15) is 0 Å². The summed E-state index contributed by atoms with van der Waals surface area (Å²) in [5, 5.41) is 7.49. The van der Waals surface area contributed by atoms with E-state index >= 15 is 0 Å². The minimum absolute atomic E-state index is 0. The number of nitrogens with zero attached hydrogens (tertiary/aromatic N) is 5. The van der Waals surface area contributed by atoms with Gasteiger partial charge in [-0.15, -0.1) is 24.0 Å². The molecule has 0 amide bonds. The van der Waals surface area contributed by atoms with Crippen LogP contribution in [-0.4, -0.2) is 51.1 Å². The topological polar surface area (TPSA) is 83.8 Å². The summed E-state index contributed by atoms with van der Waals surface area (Å²) in [5.74, 6) is 0.486. The van der Waals surface area contributed by atoms with Crippen molar-refractivity contribution in [1.29, 1.82) is 0 Å². The van der Waals surface area contributed by atoms with Crippen molar-refractivity contribution >= 4 is 35.6 Å². The van der Waals surface area contributed by atoms with Crippen molar-refractivity contribution in [2.45, 2.75) is 32.4 Å². The molecule has 1 aliphatic rings. The van der Waals surface area contributed by atoms with Gasteiger partial charge < -0.3 is 11.1 Å².